The Hall–Kier alpha value is -2.28. The molecule has 0 saturated carbocycles. The molecule has 1 aromatic rings. The zero-order valence-corrected chi connectivity index (χ0v) is 12.7. The van der Waals surface area contributed by atoms with Crippen molar-refractivity contribution in [3.05, 3.63) is 18.2 Å². The van der Waals surface area contributed by atoms with Crippen LogP contribution in [0.3, 0.4) is 0 Å². The topological polar surface area (TPSA) is 68.3 Å². The molecule has 3 heterocycles. The number of benzene rings is 1. The van der Waals surface area contributed by atoms with Crippen LogP contribution in [-0.2, 0) is 14.3 Å². The Kier molecular flexibility index (Phi) is 3.57. The van der Waals surface area contributed by atoms with Gasteiger partial charge < -0.3 is 24.0 Å². The maximum atomic E-state index is 12.6. The van der Waals surface area contributed by atoms with Crippen molar-refractivity contribution in [2.24, 2.45) is 5.92 Å². The van der Waals surface area contributed by atoms with Crippen LogP contribution in [0.15, 0.2) is 18.2 Å². The third-order valence-corrected chi connectivity index (χ3v) is 4.46. The summed E-state index contributed by atoms with van der Waals surface area (Å²) in [7, 11) is 0. The maximum Gasteiger partial charge on any atom is 0.231 e. The number of rotatable bonds is 2. The van der Waals surface area contributed by atoms with Gasteiger partial charge in [-0.15, -0.1) is 0 Å². The Labute approximate surface area is 133 Å². The lowest BCUT2D eigenvalue weighted by molar-refractivity contribution is -0.139. The van der Waals surface area contributed by atoms with Crippen LogP contribution in [-0.4, -0.2) is 56.4 Å². The van der Waals surface area contributed by atoms with E-state index in [2.05, 4.69) is 0 Å². The van der Waals surface area contributed by atoms with Gasteiger partial charge in [0.15, 0.2) is 11.5 Å². The van der Waals surface area contributed by atoms with Crippen molar-refractivity contribution >= 4 is 17.5 Å². The molecule has 1 atom stereocenters. The highest BCUT2D eigenvalue weighted by Gasteiger charge is 2.37. The van der Waals surface area contributed by atoms with E-state index in [1.807, 2.05) is 6.07 Å². The first-order valence-electron chi connectivity index (χ1n) is 7.79. The van der Waals surface area contributed by atoms with Gasteiger partial charge in [-0.3, -0.25) is 9.59 Å². The summed E-state index contributed by atoms with van der Waals surface area (Å²) >= 11 is 0. The lowest BCUT2D eigenvalue weighted by atomic mass is 10.1. The zero-order chi connectivity index (χ0) is 15.8. The number of hydrogen-bond acceptors (Lipinski definition) is 5. The average Bonchev–Trinajstić information content (AvgIpc) is 3.20. The van der Waals surface area contributed by atoms with E-state index in [4.69, 9.17) is 14.2 Å². The molecule has 2 amide bonds. The number of carbonyl (C=O) groups is 2. The fourth-order valence-corrected chi connectivity index (χ4v) is 3.22. The van der Waals surface area contributed by atoms with Gasteiger partial charge in [-0.05, 0) is 12.1 Å². The molecule has 2 fully saturated rings. The number of carbonyl (C=O) groups excluding carboxylic acids is 2. The van der Waals surface area contributed by atoms with E-state index >= 15 is 0 Å². The molecule has 3 aliphatic heterocycles. The van der Waals surface area contributed by atoms with Crippen molar-refractivity contribution in [2.45, 2.75) is 6.42 Å². The minimum atomic E-state index is -0.286. The van der Waals surface area contributed by atoms with Gasteiger partial charge in [-0.2, -0.15) is 0 Å². The second kappa shape index (κ2) is 5.73. The van der Waals surface area contributed by atoms with Crippen molar-refractivity contribution in [1.82, 2.24) is 4.90 Å². The molecule has 3 aliphatic rings. The quantitative estimate of drug-likeness (QED) is 0.800. The van der Waals surface area contributed by atoms with Gasteiger partial charge in [0.25, 0.3) is 0 Å². The smallest absolute Gasteiger partial charge is 0.231 e. The summed E-state index contributed by atoms with van der Waals surface area (Å²) in [5.41, 5.74) is 0.747. The standard InChI is InChI=1S/C16H18N2O5/c19-15-7-11(16(20)17-3-5-21-6-4-17)9-18(15)12-1-2-13-14(8-12)23-10-22-13/h1-2,8,11H,3-7,9-10H2. The Morgan fingerprint density at radius 1 is 1.13 bits per heavy atom. The molecular weight excluding hydrogens is 300 g/mol. The van der Waals surface area contributed by atoms with Crippen molar-refractivity contribution in [3.8, 4) is 11.5 Å². The molecule has 4 rings (SSSR count). The first kappa shape index (κ1) is 14.3. The van der Waals surface area contributed by atoms with Crippen molar-refractivity contribution in [1.29, 1.82) is 0 Å². The van der Waals surface area contributed by atoms with Crippen LogP contribution >= 0.6 is 0 Å². The fourth-order valence-electron chi connectivity index (χ4n) is 3.22. The first-order valence-corrected chi connectivity index (χ1v) is 7.79. The summed E-state index contributed by atoms with van der Waals surface area (Å²) in [6.07, 6.45) is 0.255. The Morgan fingerprint density at radius 3 is 2.74 bits per heavy atom. The lowest BCUT2D eigenvalue weighted by Crippen LogP contribution is -2.44. The molecular formula is C16H18N2O5. The van der Waals surface area contributed by atoms with E-state index in [1.165, 1.54) is 0 Å². The summed E-state index contributed by atoms with van der Waals surface area (Å²) in [5, 5.41) is 0. The van der Waals surface area contributed by atoms with Crippen LogP contribution in [0.5, 0.6) is 11.5 Å². The van der Waals surface area contributed by atoms with Crippen LogP contribution in [0.4, 0.5) is 5.69 Å². The average molecular weight is 318 g/mol. The Balaban J connectivity index is 1.48. The molecule has 23 heavy (non-hydrogen) atoms. The number of amides is 2. The minimum Gasteiger partial charge on any atom is -0.454 e. The van der Waals surface area contributed by atoms with Crippen LogP contribution in [0.1, 0.15) is 6.42 Å². The molecule has 7 heteroatoms. The maximum absolute atomic E-state index is 12.6. The molecule has 1 aromatic carbocycles. The van der Waals surface area contributed by atoms with E-state index in [9.17, 15) is 9.59 Å². The summed E-state index contributed by atoms with van der Waals surface area (Å²) < 4.78 is 15.9. The molecule has 122 valence electrons. The third-order valence-electron chi connectivity index (χ3n) is 4.46. The van der Waals surface area contributed by atoms with E-state index in [0.717, 1.165) is 5.69 Å². The Morgan fingerprint density at radius 2 is 1.91 bits per heavy atom. The van der Waals surface area contributed by atoms with Gasteiger partial charge in [0.2, 0.25) is 18.6 Å². The van der Waals surface area contributed by atoms with E-state index in [1.54, 1.807) is 21.9 Å². The summed E-state index contributed by atoms with van der Waals surface area (Å²) in [6, 6.07) is 5.41. The predicted molar refractivity (Wildman–Crippen MR) is 80.4 cm³/mol. The van der Waals surface area contributed by atoms with Crippen molar-refractivity contribution in [2.75, 3.05) is 44.5 Å². The van der Waals surface area contributed by atoms with Gasteiger partial charge in [0.05, 0.1) is 19.1 Å². The summed E-state index contributed by atoms with van der Waals surface area (Å²) in [6.45, 7) is 2.96. The number of nitrogens with zero attached hydrogens (tertiary/aromatic N) is 2. The Bertz CT molecular complexity index is 641. The lowest BCUT2D eigenvalue weighted by Gasteiger charge is -2.29. The van der Waals surface area contributed by atoms with Crippen molar-refractivity contribution < 1.29 is 23.8 Å². The minimum absolute atomic E-state index is 0.0320. The SMILES string of the molecule is O=C(C1CC(=O)N(c2ccc3c(c2)OCO3)C1)N1CCOCC1. The largest absolute Gasteiger partial charge is 0.454 e. The second-order valence-electron chi connectivity index (χ2n) is 5.88. The van der Waals surface area contributed by atoms with Gasteiger partial charge in [-0.25, -0.2) is 0 Å². The molecule has 0 aliphatic carbocycles. The predicted octanol–water partition coefficient (Wildman–Crippen LogP) is 0.627. The van der Waals surface area contributed by atoms with Crippen molar-refractivity contribution in [3.63, 3.8) is 0 Å². The fraction of sp³-hybridized carbons (Fsp3) is 0.500. The molecule has 0 bridgehead atoms. The molecule has 0 aromatic heterocycles. The van der Waals surface area contributed by atoms with E-state index < -0.39 is 0 Å². The molecule has 0 spiro atoms. The molecule has 7 nitrogen and oxygen atoms in total. The number of morpholine rings is 1. The number of fused-ring (bicyclic) bond motifs is 1. The third kappa shape index (κ3) is 2.61. The highest BCUT2D eigenvalue weighted by atomic mass is 16.7. The highest BCUT2D eigenvalue weighted by Crippen LogP contribution is 2.37. The van der Waals surface area contributed by atoms with Crippen LogP contribution in [0.25, 0.3) is 0 Å². The van der Waals surface area contributed by atoms with E-state index in [-0.39, 0.29) is 30.9 Å². The second-order valence-corrected chi connectivity index (χ2v) is 5.88. The normalized spacial score (nSPS) is 23.5. The summed E-state index contributed by atoms with van der Waals surface area (Å²) in [4.78, 5) is 28.3. The number of anilines is 1. The van der Waals surface area contributed by atoms with Gasteiger partial charge in [-0.1, -0.05) is 0 Å². The first-order chi connectivity index (χ1) is 11.2. The van der Waals surface area contributed by atoms with Crippen LogP contribution in [0, 0.1) is 5.92 Å². The number of hydrogen-bond donors (Lipinski definition) is 0. The van der Waals surface area contributed by atoms with Gasteiger partial charge in [0.1, 0.15) is 0 Å². The van der Waals surface area contributed by atoms with Gasteiger partial charge in [0, 0.05) is 37.8 Å². The zero-order valence-electron chi connectivity index (χ0n) is 12.7. The van der Waals surface area contributed by atoms with E-state index in [0.29, 0.717) is 44.3 Å². The number of ether oxygens (including phenoxy) is 3. The molecule has 0 N–H and O–H groups in total. The molecule has 2 saturated heterocycles. The van der Waals surface area contributed by atoms with Gasteiger partial charge >= 0.3 is 0 Å². The molecule has 1 unspecified atom stereocenters. The monoisotopic (exact) mass is 318 g/mol. The van der Waals surface area contributed by atoms with Crippen LogP contribution in [0.2, 0.25) is 0 Å². The highest BCUT2D eigenvalue weighted by molar-refractivity contribution is 6.00. The summed E-state index contributed by atoms with van der Waals surface area (Å²) in [5.74, 6) is 1.05. The molecule has 0 radical (unpaired) electrons. The van der Waals surface area contributed by atoms with Crippen LogP contribution < -0.4 is 14.4 Å².